The molecule has 0 radical (unpaired) electrons. The van der Waals surface area contributed by atoms with E-state index in [2.05, 4.69) is 43.2 Å². The lowest BCUT2D eigenvalue weighted by Gasteiger charge is -2.36. The molecule has 39 heavy (non-hydrogen) atoms. The van der Waals surface area contributed by atoms with Crippen molar-refractivity contribution in [2.24, 2.45) is 0 Å². The standard InChI is InChI=1S/C31H38N2O5S/c1-22-11-9-10-14-25(22)27-19-24(21-33(4)31(2,3)20-23-12-7-6-8-13-23)15-16-26(27)29(34)32-28(30(35)36)17-18-39(5,37)38/h6-16,19,28H,17-18,20-21H2,1-5H3,(H,32,34)(H,35,36)/t28-/m0/s1. The summed E-state index contributed by atoms with van der Waals surface area (Å²) in [4.78, 5) is 27.4. The first-order valence-electron chi connectivity index (χ1n) is 12.9. The van der Waals surface area contributed by atoms with Crippen LogP contribution in [0.2, 0.25) is 0 Å². The van der Waals surface area contributed by atoms with Crippen molar-refractivity contribution >= 4 is 21.7 Å². The van der Waals surface area contributed by atoms with E-state index in [1.54, 1.807) is 6.07 Å². The van der Waals surface area contributed by atoms with Crippen LogP contribution >= 0.6 is 0 Å². The Morgan fingerprint density at radius 2 is 1.59 bits per heavy atom. The second-order valence-electron chi connectivity index (χ2n) is 10.8. The molecule has 1 amide bonds. The van der Waals surface area contributed by atoms with E-state index < -0.39 is 27.8 Å². The Hall–Kier alpha value is -3.49. The number of carbonyl (C=O) groups is 2. The molecule has 1 atom stereocenters. The van der Waals surface area contributed by atoms with E-state index in [-0.39, 0.29) is 17.7 Å². The smallest absolute Gasteiger partial charge is 0.326 e. The van der Waals surface area contributed by atoms with Crippen LogP contribution < -0.4 is 5.32 Å². The van der Waals surface area contributed by atoms with Crippen LogP contribution in [0, 0.1) is 6.92 Å². The number of nitrogens with zero attached hydrogens (tertiary/aromatic N) is 1. The van der Waals surface area contributed by atoms with Gasteiger partial charge in [-0.15, -0.1) is 0 Å². The average molecular weight is 551 g/mol. The fourth-order valence-electron chi connectivity index (χ4n) is 4.53. The van der Waals surface area contributed by atoms with Crippen molar-refractivity contribution < 1.29 is 23.1 Å². The van der Waals surface area contributed by atoms with Gasteiger partial charge in [-0.1, -0.05) is 60.7 Å². The zero-order valence-electron chi connectivity index (χ0n) is 23.3. The van der Waals surface area contributed by atoms with E-state index in [0.29, 0.717) is 17.7 Å². The van der Waals surface area contributed by atoms with Gasteiger partial charge in [-0.05, 0) is 80.6 Å². The fourth-order valence-corrected chi connectivity index (χ4v) is 5.19. The summed E-state index contributed by atoms with van der Waals surface area (Å²) in [5, 5.41) is 12.1. The highest BCUT2D eigenvalue weighted by Crippen LogP contribution is 2.30. The molecule has 7 nitrogen and oxygen atoms in total. The van der Waals surface area contributed by atoms with Gasteiger partial charge in [-0.25, -0.2) is 13.2 Å². The van der Waals surface area contributed by atoms with Gasteiger partial charge in [0.2, 0.25) is 0 Å². The monoisotopic (exact) mass is 550 g/mol. The first-order valence-corrected chi connectivity index (χ1v) is 15.0. The molecule has 0 fully saturated rings. The van der Waals surface area contributed by atoms with E-state index >= 15 is 0 Å². The maximum absolute atomic E-state index is 13.4. The lowest BCUT2D eigenvalue weighted by Crippen LogP contribution is -2.42. The molecule has 0 bridgehead atoms. The molecule has 8 heteroatoms. The molecule has 0 aliphatic rings. The predicted octanol–water partition coefficient (Wildman–Crippen LogP) is 4.73. The summed E-state index contributed by atoms with van der Waals surface area (Å²) >= 11 is 0. The Morgan fingerprint density at radius 1 is 0.949 bits per heavy atom. The second-order valence-corrected chi connectivity index (χ2v) is 13.1. The summed E-state index contributed by atoms with van der Waals surface area (Å²) < 4.78 is 23.2. The van der Waals surface area contributed by atoms with Gasteiger partial charge in [0.15, 0.2) is 0 Å². The predicted molar refractivity (Wildman–Crippen MR) is 156 cm³/mol. The van der Waals surface area contributed by atoms with Gasteiger partial charge in [0.05, 0.1) is 5.75 Å². The number of aliphatic carboxylic acids is 1. The van der Waals surface area contributed by atoms with Crippen LogP contribution in [-0.2, 0) is 27.6 Å². The molecule has 0 saturated carbocycles. The number of hydrogen-bond acceptors (Lipinski definition) is 5. The summed E-state index contributed by atoms with van der Waals surface area (Å²) in [6.07, 6.45) is 1.71. The van der Waals surface area contributed by atoms with Crippen LogP contribution in [0.15, 0.2) is 72.8 Å². The minimum atomic E-state index is -3.38. The normalized spacial score (nSPS) is 12.8. The molecule has 208 valence electrons. The molecule has 0 spiro atoms. The van der Waals surface area contributed by atoms with Crippen LogP contribution in [0.1, 0.15) is 47.3 Å². The average Bonchev–Trinajstić information content (AvgIpc) is 2.86. The highest BCUT2D eigenvalue weighted by molar-refractivity contribution is 7.90. The number of nitrogens with one attached hydrogen (secondary N) is 1. The lowest BCUT2D eigenvalue weighted by molar-refractivity contribution is -0.139. The molecular formula is C31H38N2O5S. The van der Waals surface area contributed by atoms with Crippen LogP contribution in [-0.4, -0.2) is 60.9 Å². The maximum Gasteiger partial charge on any atom is 0.326 e. The zero-order valence-corrected chi connectivity index (χ0v) is 24.1. The quantitative estimate of drug-likeness (QED) is 0.338. The van der Waals surface area contributed by atoms with Crippen molar-refractivity contribution in [1.82, 2.24) is 10.2 Å². The van der Waals surface area contributed by atoms with E-state index in [1.165, 1.54) is 5.56 Å². The summed E-state index contributed by atoms with van der Waals surface area (Å²) in [5.41, 5.74) is 5.03. The van der Waals surface area contributed by atoms with Crippen LogP contribution in [0.25, 0.3) is 11.1 Å². The molecule has 0 aliphatic heterocycles. The number of hydrogen-bond donors (Lipinski definition) is 2. The number of carboxylic acids is 1. The third-order valence-corrected chi connectivity index (χ3v) is 8.05. The maximum atomic E-state index is 13.4. The van der Waals surface area contributed by atoms with Crippen molar-refractivity contribution in [3.8, 4) is 11.1 Å². The van der Waals surface area contributed by atoms with Gasteiger partial charge >= 0.3 is 5.97 Å². The number of aryl methyl sites for hydroxylation is 1. The van der Waals surface area contributed by atoms with Crippen LogP contribution in [0.5, 0.6) is 0 Å². The van der Waals surface area contributed by atoms with E-state index in [1.807, 2.05) is 61.5 Å². The highest BCUT2D eigenvalue weighted by atomic mass is 32.2. The van der Waals surface area contributed by atoms with Crippen molar-refractivity contribution in [2.75, 3.05) is 19.1 Å². The minimum absolute atomic E-state index is 0.130. The molecule has 0 heterocycles. The van der Waals surface area contributed by atoms with E-state index in [9.17, 15) is 23.1 Å². The number of carboxylic acid groups (broad SMARTS) is 1. The van der Waals surface area contributed by atoms with Crippen molar-refractivity contribution in [2.45, 2.75) is 51.7 Å². The highest BCUT2D eigenvalue weighted by Gasteiger charge is 2.26. The van der Waals surface area contributed by atoms with Gasteiger partial charge in [0.1, 0.15) is 15.9 Å². The summed E-state index contributed by atoms with van der Waals surface area (Å²) in [6.45, 7) is 7.01. The number of rotatable bonds is 12. The number of benzene rings is 3. The van der Waals surface area contributed by atoms with E-state index in [0.717, 1.165) is 29.4 Å². The number of carbonyl (C=O) groups excluding carboxylic acids is 1. The number of sulfone groups is 1. The van der Waals surface area contributed by atoms with Gasteiger partial charge in [0.25, 0.3) is 5.91 Å². The number of amides is 1. The Bertz CT molecular complexity index is 1420. The molecule has 0 aromatic heterocycles. The molecule has 2 N–H and O–H groups in total. The molecule has 3 rings (SSSR count). The summed E-state index contributed by atoms with van der Waals surface area (Å²) in [7, 11) is -1.30. The Balaban J connectivity index is 1.91. The van der Waals surface area contributed by atoms with Gasteiger partial charge in [0, 0.05) is 23.9 Å². The van der Waals surface area contributed by atoms with Gasteiger partial charge in [-0.3, -0.25) is 9.69 Å². The lowest BCUT2D eigenvalue weighted by atomic mass is 9.91. The molecular weight excluding hydrogens is 512 g/mol. The molecule has 3 aromatic carbocycles. The van der Waals surface area contributed by atoms with E-state index in [4.69, 9.17) is 0 Å². The van der Waals surface area contributed by atoms with Crippen molar-refractivity contribution in [3.05, 3.63) is 95.1 Å². The third kappa shape index (κ3) is 8.50. The molecule has 3 aromatic rings. The molecule has 0 aliphatic carbocycles. The first-order chi connectivity index (χ1) is 18.3. The summed E-state index contributed by atoms with van der Waals surface area (Å²) in [6, 6.07) is 22.3. The topological polar surface area (TPSA) is 104 Å². The van der Waals surface area contributed by atoms with Crippen LogP contribution in [0.3, 0.4) is 0 Å². The van der Waals surface area contributed by atoms with Gasteiger partial charge in [-0.2, -0.15) is 0 Å². The van der Waals surface area contributed by atoms with Crippen LogP contribution in [0.4, 0.5) is 0 Å². The second kappa shape index (κ2) is 12.6. The molecule has 0 saturated heterocycles. The fraction of sp³-hybridized carbons (Fsp3) is 0.355. The first kappa shape index (κ1) is 30.1. The largest absolute Gasteiger partial charge is 0.480 e. The molecule has 0 unspecified atom stereocenters. The Morgan fingerprint density at radius 3 is 2.21 bits per heavy atom. The van der Waals surface area contributed by atoms with Gasteiger partial charge < -0.3 is 10.4 Å². The Kier molecular flexibility index (Phi) is 9.69. The van der Waals surface area contributed by atoms with Crippen molar-refractivity contribution in [3.63, 3.8) is 0 Å². The Labute approximate surface area is 231 Å². The zero-order chi connectivity index (χ0) is 28.8. The van der Waals surface area contributed by atoms with Crippen molar-refractivity contribution in [1.29, 1.82) is 0 Å². The minimum Gasteiger partial charge on any atom is -0.480 e. The number of likely N-dealkylation sites (N-methyl/N-ethyl adjacent to an activating group) is 1. The third-order valence-electron chi connectivity index (χ3n) is 7.08. The summed E-state index contributed by atoms with van der Waals surface area (Å²) in [5.74, 6) is -2.17. The SMILES string of the molecule is Cc1ccccc1-c1cc(CN(C)C(C)(C)Cc2ccccc2)ccc1C(=O)N[C@@H](CCS(C)(=O)=O)C(=O)O.